The Morgan fingerprint density at radius 2 is 2.33 bits per heavy atom. The number of ether oxygens (including phenoxy) is 1. The second kappa shape index (κ2) is 6.80. The maximum atomic E-state index is 11.8. The van der Waals surface area contributed by atoms with Crippen LogP contribution in [0.4, 0.5) is 0 Å². The molecule has 1 heterocycles. The van der Waals surface area contributed by atoms with Gasteiger partial charge in [0.2, 0.25) is 5.91 Å². The van der Waals surface area contributed by atoms with Crippen LogP contribution < -0.4 is 5.32 Å². The summed E-state index contributed by atoms with van der Waals surface area (Å²) in [5.41, 5.74) is 0. The quantitative estimate of drug-likeness (QED) is 0.729. The molecule has 1 aliphatic heterocycles. The topological polar surface area (TPSA) is 41.6 Å². The van der Waals surface area contributed by atoms with E-state index in [-0.39, 0.29) is 12.5 Å². The number of rotatable bonds is 5. The molecule has 1 saturated heterocycles. The molecule has 4 heteroatoms. The Bertz CT molecular complexity index is 197. The van der Waals surface area contributed by atoms with E-state index in [1.54, 1.807) is 7.11 Å². The minimum Gasteiger partial charge on any atom is -0.375 e. The number of likely N-dealkylation sites (tertiary alicyclic amines) is 1. The number of hydrogen-bond acceptors (Lipinski definition) is 3. The van der Waals surface area contributed by atoms with Gasteiger partial charge in [-0.15, -0.1) is 0 Å². The molecule has 1 rings (SSSR count). The van der Waals surface area contributed by atoms with E-state index in [4.69, 9.17) is 4.74 Å². The number of nitrogens with one attached hydrogen (secondary N) is 1. The summed E-state index contributed by atoms with van der Waals surface area (Å²) in [6.07, 6.45) is 4.56. The number of methoxy groups -OCH3 is 1. The van der Waals surface area contributed by atoms with Crippen LogP contribution >= 0.6 is 0 Å². The van der Waals surface area contributed by atoms with Crippen molar-refractivity contribution in [1.29, 1.82) is 0 Å². The number of carbonyl (C=O) groups is 1. The number of hydrogen-bond donors (Lipinski definition) is 1. The summed E-state index contributed by atoms with van der Waals surface area (Å²) in [6, 6.07) is 0.411. The molecule has 15 heavy (non-hydrogen) atoms. The SMILES string of the molecule is CNCCC1CCCCN1C(=O)COC. The second-order valence-corrected chi connectivity index (χ2v) is 4.06. The van der Waals surface area contributed by atoms with Crippen LogP contribution in [0.25, 0.3) is 0 Å². The lowest BCUT2D eigenvalue weighted by atomic mass is 9.99. The van der Waals surface area contributed by atoms with Crippen LogP contribution in [-0.4, -0.2) is 50.7 Å². The van der Waals surface area contributed by atoms with Gasteiger partial charge in [-0.25, -0.2) is 0 Å². The molecule has 0 saturated carbocycles. The molecule has 1 amide bonds. The monoisotopic (exact) mass is 214 g/mol. The summed E-state index contributed by atoms with van der Waals surface area (Å²) >= 11 is 0. The first-order chi connectivity index (χ1) is 7.29. The van der Waals surface area contributed by atoms with Gasteiger partial charge in [0.05, 0.1) is 0 Å². The lowest BCUT2D eigenvalue weighted by molar-refractivity contribution is -0.139. The van der Waals surface area contributed by atoms with E-state index in [0.29, 0.717) is 6.04 Å². The summed E-state index contributed by atoms with van der Waals surface area (Å²) in [4.78, 5) is 13.7. The normalized spacial score (nSPS) is 21.7. The Balaban J connectivity index is 2.45. The summed E-state index contributed by atoms with van der Waals surface area (Å²) in [5, 5.41) is 3.14. The molecule has 0 bridgehead atoms. The number of nitrogens with zero attached hydrogens (tertiary/aromatic N) is 1. The summed E-state index contributed by atoms with van der Waals surface area (Å²) < 4.78 is 4.90. The average molecular weight is 214 g/mol. The number of amides is 1. The van der Waals surface area contributed by atoms with Gasteiger partial charge in [0.15, 0.2) is 0 Å². The van der Waals surface area contributed by atoms with Gasteiger partial charge in [0.25, 0.3) is 0 Å². The van der Waals surface area contributed by atoms with E-state index in [0.717, 1.165) is 32.4 Å². The lowest BCUT2D eigenvalue weighted by Gasteiger charge is -2.35. The van der Waals surface area contributed by atoms with Crippen molar-refractivity contribution in [3.63, 3.8) is 0 Å². The predicted octanol–water partition coefficient (Wildman–Crippen LogP) is 0.623. The lowest BCUT2D eigenvalue weighted by Crippen LogP contribution is -2.46. The highest BCUT2D eigenvalue weighted by Crippen LogP contribution is 2.19. The maximum Gasteiger partial charge on any atom is 0.248 e. The van der Waals surface area contributed by atoms with E-state index in [1.807, 2.05) is 11.9 Å². The minimum absolute atomic E-state index is 0.137. The van der Waals surface area contributed by atoms with Gasteiger partial charge in [0.1, 0.15) is 6.61 Å². The van der Waals surface area contributed by atoms with Gasteiger partial charge < -0.3 is 15.0 Å². The van der Waals surface area contributed by atoms with Crippen LogP contribution in [0.3, 0.4) is 0 Å². The third kappa shape index (κ3) is 3.80. The van der Waals surface area contributed by atoms with E-state index in [1.165, 1.54) is 6.42 Å². The van der Waals surface area contributed by atoms with Crippen molar-refractivity contribution in [3.05, 3.63) is 0 Å². The first kappa shape index (κ1) is 12.5. The van der Waals surface area contributed by atoms with Crippen molar-refractivity contribution < 1.29 is 9.53 Å². The van der Waals surface area contributed by atoms with E-state index >= 15 is 0 Å². The molecular weight excluding hydrogens is 192 g/mol. The smallest absolute Gasteiger partial charge is 0.248 e. The molecule has 0 radical (unpaired) electrons. The first-order valence-electron chi connectivity index (χ1n) is 5.72. The van der Waals surface area contributed by atoms with Gasteiger partial charge in [-0.2, -0.15) is 0 Å². The fourth-order valence-corrected chi connectivity index (χ4v) is 2.15. The molecule has 4 nitrogen and oxygen atoms in total. The third-order valence-electron chi connectivity index (χ3n) is 2.94. The average Bonchev–Trinajstić information content (AvgIpc) is 2.27. The molecule has 0 aromatic heterocycles. The molecule has 0 aromatic rings. The fraction of sp³-hybridized carbons (Fsp3) is 0.909. The zero-order valence-corrected chi connectivity index (χ0v) is 9.79. The number of piperidine rings is 1. The van der Waals surface area contributed by atoms with Crippen molar-refractivity contribution in [2.45, 2.75) is 31.7 Å². The molecule has 0 aromatic carbocycles. The Morgan fingerprint density at radius 1 is 1.53 bits per heavy atom. The van der Waals surface area contributed by atoms with Crippen molar-refractivity contribution >= 4 is 5.91 Å². The molecule has 1 fully saturated rings. The van der Waals surface area contributed by atoms with Gasteiger partial charge in [-0.3, -0.25) is 4.79 Å². The van der Waals surface area contributed by atoms with Crippen LogP contribution in [0.2, 0.25) is 0 Å². The molecule has 0 aliphatic carbocycles. The Hall–Kier alpha value is -0.610. The summed E-state index contributed by atoms with van der Waals surface area (Å²) in [6.45, 7) is 2.09. The van der Waals surface area contributed by atoms with Gasteiger partial charge in [-0.1, -0.05) is 0 Å². The van der Waals surface area contributed by atoms with Crippen molar-refractivity contribution in [1.82, 2.24) is 10.2 Å². The Labute approximate surface area is 92.0 Å². The number of carbonyl (C=O) groups excluding carboxylic acids is 1. The molecule has 88 valence electrons. The van der Waals surface area contributed by atoms with Crippen molar-refractivity contribution in [3.8, 4) is 0 Å². The van der Waals surface area contributed by atoms with E-state index in [9.17, 15) is 4.79 Å². The fourth-order valence-electron chi connectivity index (χ4n) is 2.15. The van der Waals surface area contributed by atoms with Crippen LogP contribution in [0, 0.1) is 0 Å². The van der Waals surface area contributed by atoms with E-state index in [2.05, 4.69) is 5.32 Å². The third-order valence-corrected chi connectivity index (χ3v) is 2.94. The van der Waals surface area contributed by atoms with Gasteiger partial charge in [-0.05, 0) is 39.3 Å². The van der Waals surface area contributed by atoms with Gasteiger partial charge in [0, 0.05) is 19.7 Å². The second-order valence-electron chi connectivity index (χ2n) is 4.06. The predicted molar refractivity (Wildman–Crippen MR) is 59.8 cm³/mol. The van der Waals surface area contributed by atoms with Crippen molar-refractivity contribution in [2.75, 3.05) is 33.9 Å². The standard InChI is InChI=1S/C11H22N2O2/c1-12-7-6-10-5-3-4-8-13(10)11(14)9-15-2/h10,12H,3-9H2,1-2H3. The molecule has 1 atom stereocenters. The largest absolute Gasteiger partial charge is 0.375 e. The summed E-state index contributed by atoms with van der Waals surface area (Å²) in [5.74, 6) is 0.137. The van der Waals surface area contributed by atoms with Gasteiger partial charge >= 0.3 is 0 Å². The molecule has 0 spiro atoms. The highest BCUT2D eigenvalue weighted by molar-refractivity contribution is 5.77. The molecular formula is C11H22N2O2. The molecule has 1 aliphatic rings. The van der Waals surface area contributed by atoms with Crippen LogP contribution in [0.5, 0.6) is 0 Å². The highest BCUT2D eigenvalue weighted by atomic mass is 16.5. The maximum absolute atomic E-state index is 11.8. The van der Waals surface area contributed by atoms with Crippen molar-refractivity contribution in [2.24, 2.45) is 0 Å². The first-order valence-corrected chi connectivity index (χ1v) is 5.72. The molecule has 1 N–H and O–H groups in total. The minimum atomic E-state index is 0.137. The Morgan fingerprint density at radius 3 is 3.00 bits per heavy atom. The zero-order valence-electron chi connectivity index (χ0n) is 9.79. The zero-order chi connectivity index (χ0) is 11.1. The Kier molecular flexibility index (Phi) is 5.65. The van der Waals surface area contributed by atoms with E-state index < -0.39 is 0 Å². The van der Waals surface area contributed by atoms with Crippen LogP contribution in [0.15, 0.2) is 0 Å². The summed E-state index contributed by atoms with van der Waals surface area (Å²) in [7, 11) is 3.52. The van der Waals surface area contributed by atoms with Crippen LogP contribution in [0.1, 0.15) is 25.7 Å². The highest BCUT2D eigenvalue weighted by Gasteiger charge is 2.25. The van der Waals surface area contributed by atoms with Crippen LogP contribution in [-0.2, 0) is 9.53 Å². The molecule has 1 unspecified atom stereocenters.